The molecule has 0 aromatic carbocycles. The molecule has 28 heavy (non-hydrogen) atoms. The number of phosphoric acid groups is 1. The maximum Gasteiger partial charge on any atom is 2.00 e. The molecule has 1 fully saturated rings. The molecule has 0 aromatic rings. The molecule has 0 saturated carbocycles. The molecule has 0 unspecified atom stereocenters. The molecule has 7 N–H and O–H groups in total. The van der Waals surface area contributed by atoms with Crippen molar-refractivity contribution in [1.82, 2.24) is 4.90 Å². The normalized spacial score (nSPS) is 15.2. The molecule has 0 bridgehead atoms. The Morgan fingerprint density at radius 3 is 1.61 bits per heavy atom. The summed E-state index contributed by atoms with van der Waals surface area (Å²) in [6.45, 7) is 7.14. The van der Waals surface area contributed by atoms with Gasteiger partial charge in [-0.2, -0.15) is 0 Å². The number of carboxylic acids is 2. The first-order valence-corrected chi connectivity index (χ1v) is 10.2. The maximum atomic E-state index is 11.0. The average Bonchev–Trinajstić information content (AvgIpc) is 2.58. The molecule has 0 aromatic heterocycles. The molecule has 0 radical (unpaired) electrons. The maximum absolute atomic E-state index is 11.0. The van der Waals surface area contributed by atoms with Gasteiger partial charge in [-0.05, 0) is 71.2 Å². The smallest absolute Gasteiger partial charge is 0.549 e. The molecule has 170 valence electrons. The van der Waals surface area contributed by atoms with Gasteiger partial charge >= 0.3 is 28.9 Å². The Bertz CT molecular complexity index is 458. The van der Waals surface area contributed by atoms with Gasteiger partial charge in [0.15, 0.2) is 0 Å². The van der Waals surface area contributed by atoms with Crippen molar-refractivity contribution in [3.05, 3.63) is 0 Å². The van der Waals surface area contributed by atoms with E-state index >= 15 is 0 Å². The van der Waals surface area contributed by atoms with E-state index in [0.29, 0.717) is 12.8 Å². The summed E-state index contributed by atoms with van der Waals surface area (Å²) in [6, 6.07) is 0. The molecular formula is C15H32N3O8PPt. The Balaban J connectivity index is -0.000000434. The predicted octanol–water partition coefficient (Wildman–Crippen LogP) is -3.02. The standard InChI is InChI=1S/C11H19NO4.C4H12N2.H3O4P.Pt/c1-3-12-6-4-8(5-7-12)11(2,9(13)14)10(15)16;5-3-1-2-4-6;1-5(2,3)4;/h8H,3-7H2,1-2H3,(H,13,14)(H,15,16);1-6H2;(H3,1,2,3,4);/q;;;+2/p-2. The molecule has 1 aliphatic heterocycles. The van der Waals surface area contributed by atoms with Gasteiger partial charge in [-0.3, -0.25) is 0 Å². The van der Waals surface area contributed by atoms with Crippen LogP contribution in [0.5, 0.6) is 0 Å². The van der Waals surface area contributed by atoms with Crippen LogP contribution < -0.4 is 21.7 Å². The number of hydrogen-bond donors (Lipinski definition) is 5. The molecule has 0 spiro atoms. The van der Waals surface area contributed by atoms with E-state index < -0.39 is 31.1 Å². The van der Waals surface area contributed by atoms with Crippen molar-refractivity contribution in [3.8, 4) is 0 Å². The molecule has 1 saturated heterocycles. The third-order valence-electron chi connectivity index (χ3n) is 4.36. The van der Waals surface area contributed by atoms with Gasteiger partial charge < -0.3 is 50.8 Å². The number of nitrogens with zero attached hydrogens (tertiary/aromatic N) is 1. The van der Waals surface area contributed by atoms with Crippen molar-refractivity contribution in [2.24, 2.45) is 22.8 Å². The van der Waals surface area contributed by atoms with Gasteiger partial charge in [0, 0.05) is 5.41 Å². The van der Waals surface area contributed by atoms with Gasteiger partial charge in [-0.15, -0.1) is 0 Å². The number of carbonyl (C=O) groups excluding carboxylic acids is 2. The van der Waals surface area contributed by atoms with Gasteiger partial charge in [0.2, 0.25) is 0 Å². The fourth-order valence-corrected chi connectivity index (χ4v) is 2.53. The van der Waals surface area contributed by atoms with E-state index in [-0.39, 0.29) is 21.1 Å². The van der Waals surface area contributed by atoms with Crippen molar-refractivity contribution in [1.29, 1.82) is 0 Å². The van der Waals surface area contributed by atoms with Crippen molar-refractivity contribution in [2.45, 2.75) is 39.5 Å². The third kappa shape index (κ3) is 14.6. The number of aliphatic carboxylic acids is 2. The SMILES string of the molecule is CCN1CCC(C(C)(C(=O)[O-])C(=O)[O-])CC1.NCCCCN.O=P(O)(O)O.[Pt+2]. The Morgan fingerprint density at radius 2 is 1.39 bits per heavy atom. The summed E-state index contributed by atoms with van der Waals surface area (Å²) in [6.07, 6.45) is 3.26. The van der Waals surface area contributed by atoms with Gasteiger partial charge in [-0.1, -0.05) is 6.92 Å². The number of rotatable bonds is 7. The molecule has 1 heterocycles. The van der Waals surface area contributed by atoms with Crippen molar-refractivity contribution in [3.63, 3.8) is 0 Å². The van der Waals surface area contributed by atoms with Crippen LogP contribution in [0.4, 0.5) is 0 Å². The number of nitrogens with two attached hydrogens (primary N) is 2. The van der Waals surface area contributed by atoms with Gasteiger partial charge in [0.25, 0.3) is 0 Å². The second-order valence-corrected chi connectivity index (χ2v) is 7.31. The number of carbonyl (C=O) groups is 2. The largest absolute Gasteiger partial charge is 2.00 e. The third-order valence-corrected chi connectivity index (χ3v) is 4.36. The zero-order chi connectivity index (χ0) is 21.7. The van der Waals surface area contributed by atoms with Gasteiger partial charge in [0.05, 0.1) is 11.9 Å². The summed E-state index contributed by atoms with van der Waals surface area (Å²) in [5, 5.41) is 21.9. The van der Waals surface area contributed by atoms with Crippen molar-refractivity contribution in [2.75, 3.05) is 32.7 Å². The van der Waals surface area contributed by atoms with Crippen LogP contribution in [0.25, 0.3) is 0 Å². The topological polar surface area (TPSA) is 213 Å². The van der Waals surface area contributed by atoms with Gasteiger partial charge in [-0.25, -0.2) is 4.57 Å². The van der Waals surface area contributed by atoms with E-state index in [0.717, 1.165) is 45.6 Å². The first-order valence-electron chi connectivity index (χ1n) is 8.68. The molecule has 1 rings (SSSR count). The number of unbranched alkanes of at least 4 members (excludes halogenated alkanes) is 1. The van der Waals surface area contributed by atoms with Gasteiger partial charge in [0.1, 0.15) is 0 Å². The second kappa shape index (κ2) is 16.4. The van der Waals surface area contributed by atoms with Crippen LogP contribution in [0.3, 0.4) is 0 Å². The Kier molecular flexibility index (Phi) is 18.9. The number of piperidine rings is 1. The Hall–Kier alpha value is -0.382. The first kappa shape index (κ1) is 32.3. The molecule has 0 amide bonds. The first-order chi connectivity index (χ1) is 12.3. The average molecular weight is 608 g/mol. The van der Waals surface area contributed by atoms with Crippen LogP contribution in [0.15, 0.2) is 0 Å². The number of likely N-dealkylation sites (tertiary alicyclic amines) is 1. The molecule has 0 aliphatic carbocycles. The fraction of sp³-hybridized carbons (Fsp3) is 0.867. The molecular weight excluding hydrogens is 576 g/mol. The zero-order valence-corrected chi connectivity index (χ0v) is 19.4. The summed E-state index contributed by atoms with van der Waals surface area (Å²) in [4.78, 5) is 45.7. The quantitative estimate of drug-likeness (QED) is 0.111. The van der Waals surface area contributed by atoms with Crippen LogP contribution >= 0.6 is 7.82 Å². The summed E-state index contributed by atoms with van der Waals surface area (Å²) in [7, 11) is -4.64. The van der Waals surface area contributed by atoms with E-state index in [1.165, 1.54) is 6.92 Å². The summed E-state index contributed by atoms with van der Waals surface area (Å²) >= 11 is 0. The van der Waals surface area contributed by atoms with E-state index in [4.69, 9.17) is 30.7 Å². The van der Waals surface area contributed by atoms with E-state index in [1.807, 2.05) is 6.92 Å². The number of carboxylic acid groups (broad SMARTS) is 2. The van der Waals surface area contributed by atoms with E-state index in [2.05, 4.69) is 4.90 Å². The predicted molar refractivity (Wildman–Crippen MR) is 94.6 cm³/mol. The number of hydrogen-bond acceptors (Lipinski definition) is 8. The summed E-state index contributed by atoms with van der Waals surface area (Å²) < 4.78 is 8.88. The van der Waals surface area contributed by atoms with Crippen LogP contribution in [0.1, 0.15) is 39.5 Å². The van der Waals surface area contributed by atoms with E-state index in [1.54, 1.807) is 0 Å². The minimum Gasteiger partial charge on any atom is -0.549 e. The van der Waals surface area contributed by atoms with Crippen LogP contribution in [0, 0.1) is 11.3 Å². The monoisotopic (exact) mass is 608 g/mol. The second-order valence-electron chi connectivity index (χ2n) is 6.28. The zero-order valence-electron chi connectivity index (χ0n) is 16.2. The fourth-order valence-electron chi connectivity index (χ4n) is 2.53. The Labute approximate surface area is 180 Å². The van der Waals surface area contributed by atoms with Crippen LogP contribution in [-0.4, -0.2) is 64.2 Å². The Morgan fingerprint density at radius 1 is 1.07 bits per heavy atom. The molecule has 13 heteroatoms. The van der Waals surface area contributed by atoms with E-state index in [9.17, 15) is 19.8 Å². The van der Waals surface area contributed by atoms with Crippen molar-refractivity contribution >= 4 is 19.8 Å². The molecule has 0 atom stereocenters. The van der Waals surface area contributed by atoms with Crippen LogP contribution in [-0.2, 0) is 35.2 Å². The van der Waals surface area contributed by atoms with Crippen molar-refractivity contribution < 1.29 is 60.1 Å². The molecule has 11 nitrogen and oxygen atoms in total. The minimum absolute atomic E-state index is 0. The van der Waals surface area contributed by atoms with Crippen LogP contribution in [0.2, 0.25) is 0 Å². The summed E-state index contributed by atoms with van der Waals surface area (Å²) in [5.41, 5.74) is 8.46. The summed E-state index contributed by atoms with van der Waals surface area (Å²) in [5.74, 6) is -3.48. The minimum atomic E-state index is -4.64. The molecule has 1 aliphatic rings.